The van der Waals surface area contributed by atoms with Gasteiger partial charge in [-0.1, -0.05) is 10.9 Å². The van der Waals surface area contributed by atoms with Crippen LogP contribution in [0.1, 0.15) is 34.3 Å². The highest BCUT2D eigenvalue weighted by molar-refractivity contribution is 6.35. The molecule has 0 spiro atoms. The molecule has 102 valence electrons. The third kappa shape index (κ3) is 2.27. The van der Waals surface area contributed by atoms with Gasteiger partial charge in [0.15, 0.2) is 0 Å². The largest absolute Gasteiger partial charge is 0.374 e. The van der Waals surface area contributed by atoms with Crippen molar-refractivity contribution >= 4 is 21.8 Å². The Morgan fingerprint density at radius 3 is 2.48 bits per heavy atom. The Labute approximate surface area is 127 Å². The van der Waals surface area contributed by atoms with E-state index in [0.717, 1.165) is 17.1 Å². The second-order valence-electron chi connectivity index (χ2n) is 5.54. The number of aromatic amines is 2. The van der Waals surface area contributed by atoms with E-state index in [1.165, 1.54) is 16.8 Å². The van der Waals surface area contributed by atoms with Gasteiger partial charge < -0.3 is 15.3 Å². The van der Waals surface area contributed by atoms with Crippen molar-refractivity contribution in [1.29, 1.82) is 0 Å². The summed E-state index contributed by atoms with van der Waals surface area (Å²) in [5, 5.41) is 3.38. The highest BCUT2D eigenvalue weighted by Crippen LogP contribution is 2.32. The van der Waals surface area contributed by atoms with Crippen molar-refractivity contribution in [2.24, 2.45) is 0 Å². The van der Waals surface area contributed by atoms with Gasteiger partial charge in [0.25, 0.3) is 0 Å². The van der Waals surface area contributed by atoms with Gasteiger partial charge >= 0.3 is 0 Å². The quantitative estimate of drug-likeness (QED) is 0.723. The second kappa shape index (κ2) is 5.06. The Morgan fingerprint density at radius 2 is 1.90 bits per heavy atom. The highest BCUT2D eigenvalue weighted by atomic mass is 15.0. The minimum Gasteiger partial charge on any atom is -0.374 e. The Hall–Kier alpha value is -2.03. The van der Waals surface area contributed by atoms with Crippen LogP contribution in [-0.4, -0.2) is 25.7 Å². The van der Waals surface area contributed by atoms with Crippen molar-refractivity contribution in [2.45, 2.75) is 26.8 Å². The molecular weight excluding hydrogens is 256 g/mol. The van der Waals surface area contributed by atoms with Gasteiger partial charge in [-0.05, 0) is 50.1 Å². The molecule has 1 unspecified atom stereocenters. The standard InChI is InChI=1S/C16H17B2N3/c1-8-9(2)12(20-10(8)3)7-13-14(17)15(18)16(21-13)11-5-4-6-19-11/h4-7,16,19-21H,1-3H3/b13-7-. The van der Waals surface area contributed by atoms with Crippen molar-refractivity contribution in [3.05, 3.63) is 63.2 Å². The molecule has 0 saturated heterocycles. The fraction of sp³-hybridized carbons (Fsp3) is 0.250. The zero-order chi connectivity index (χ0) is 15.1. The van der Waals surface area contributed by atoms with E-state index in [9.17, 15) is 0 Å². The van der Waals surface area contributed by atoms with E-state index in [1.54, 1.807) is 0 Å². The molecule has 1 aliphatic heterocycles. The summed E-state index contributed by atoms with van der Waals surface area (Å²) in [6.07, 6.45) is 3.91. The molecule has 21 heavy (non-hydrogen) atoms. The number of nitrogens with one attached hydrogen (secondary N) is 3. The number of allylic oxidation sites excluding steroid dienone is 1. The normalized spacial score (nSPS) is 20.3. The molecule has 0 fully saturated rings. The molecule has 3 nitrogen and oxygen atoms in total. The average Bonchev–Trinajstić information content (AvgIpc) is 3.13. The highest BCUT2D eigenvalue weighted by Gasteiger charge is 2.24. The molecule has 0 aromatic carbocycles. The predicted octanol–water partition coefficient (Wildman–Crippen LogP) is 2.50. The van der Waals surface area contributed by atoms with E-state index in [1.807, 2.05) is 24.4 Å². The molecule has 4 radical (unpaired) electrons. The lowest BCUT2D eigenvalue weighted by atomic mass is 9.78. The van der Waals surface area contributed by atoms with Crippen molar-refractivity contribution in [1.82, 2.24) is 15.3 Å². The number of hydrogen-bond acceptors (Lipinski definition) is 1. The molecule has 0 amide bonds. The van der Waals surface area contributed by atoms with Crippen LogP contribution in [0.15, 0.2) is 35.0 Å². The number of aryl methyl sites for hydroxylation is 1. The number of aromatic nitrogens is 2. The summed E-state index contributed by atoms with van der Waals surface area (Å²) in [5.41, 5.74) is 7.88. The lowest BCUT2D eigenvalue weighted by Crippen LogP contribution is -2.16. The van der Waals surface area contributed by atoms with Crippen LogP contribution in [0.3, 0.4) is 0 Å². The van der Waals surface area contributed by atoms with Crippen LogP contribution in [0, 0.1) is 20.8 Å². The molecule has 3 rings (SSSR count). The van der Waals surface area contributed by atoms with E-state index in [-0.39, 0.29) is 6.04 Å². The molecule has 0 saturated carbocycles. The van der Waals surface area contributed by atoms with E-state index >= 15 is 0 Å². The van der Waals surface area contributed by atoms with Crippen LogP contribution in [0.2, 0.25) is 0 Å². The van der Waals surface area contributed by atoms with Crippen LogP contribution in [0.4, 0.5) is 0 Å². The number of rotatable bonds is 2. The Balaban J connectivity index is 1.97. The predicted molar refractivity (Wildman–Crippen MR) is 88.2 cm³/mol. The molecular formula is C16H17B2N3. The van der Waals surface area contributed by atoms with Gasteiger partial charge in [-0.2, -0.15) is 0 Å². The molecule has 0 aliphatic carbocycles. The Kier molecular flexibility index (Phi) is 3.36. The van der Waals surface area contributed by atoms with Gasteiger partial charge in [-0.25, -0.2) is 0 Å². The first-order chi connectivity index (χ1) is 9.99. The molecule has 1 aliphatic rings. The molecule has 1 atom stereocenters. The second-order valence-corrected chi connectivity index (χ2v) is 5.54. The molecule has 2 aromatic rings. The molecule has 3 N–H and O–H groups in total. The van der Waals surface area contributed by atoms with Gasteiger partial charge in [-0.15, -0.1) is 0 Å². The van der Waals surface area contributed by atoms with Crippen molar-refractivity contribution in [3.63, 3.8) is 0 Å². The van der Waals surface area contributed by atoms with Gasteiger partial charge in [0, 0.05) is 29.0 Å². The minimum atomic E-state index is -0.0938. The van der Waals surface area contributed by atoms with E-state index in [4.69, 9.17) is 15.7 Å². The maximum absolute atomic E-state index is 6.16. The first-order valence-corrected chi connectivity index (χ1v) is 7.01. The summed E-state index contributed by atoms with van der Waals surface area (Å²) >= 11 is 0. The van der Waals surface area contributed by atoms with Gasteiger partial charge in [0.1, 0.15) is 15.7 Å². The van der Waals surface area contributed by atoms with Crippen LogP contribution >= 0.6 is 0 Å². The van der Waals surface area contributed by atoms with Crippen molar-refractivity contribution in [3.8, 4) is 0 Å². The Bertz CT molecular complexity index is 736. The summed E-state index contributed by atoms with van der Waals surface area (Å²) < 4.78 is 0. The minimum absolute atomic E-state index is 0.0938. The average molecular weight is 273 g/mol. The van der Waals surface area contributed by atoms with Crippen LogP contribution in [0.5, 0.6) is 0 Å². The van der Waals surface area contributed by atoms with Gasteiger partial charge in [-0.3, -0.25) is 0 Å². The third-order valence-electron chi connectivity index (χ3n) is 4.28. The smallest absolute Gasteiger partial charge is 0.115 e. The van der Waals surface area contributed by atoms with Crippen LogP contribution in [0.25, 0.3) is 6.08 Å². The van der Waals surface area contributed by atoms with Crippen molar-refractivity contribution < 1.29 is 0 Å². The summed E-state index contributed by atoms with van der Waals surface area (Å²) in [6, 6.07) is 3.85. The monoisotopic (exact) mass is 273 g/mol. The fourth-order valence-electron chi connectivity index (χ4n) is 2.67. The Morgan fingerprint density at radius 1 is 1.14 bits per heavy atom. The van der Waals surface area contributed by atoms with Crippen molar-refractivity contribution in [2.75, 3.05) is 0 Å². The molecule has 0 bridgehead atoms. The molecule has 5 heteroatoms. The zero-order valence-electron chi connectivity index (χ0n) is 12.5. The van der Waals surface area contributed by atoms with E-state index < -0.39 is 0 Å². The molecule has 3 heterocycles. The fourth-order valence-corrected chi connectivity index (χ4v) is 2.67. The summed E-state index contributed by atoms with van der Waals surface area (Å²) in [6.45, 7) is 6.29. The first-order valence-electron chi connectivity index (χ1n) is 7.01. The first kappa shape index (κ1) is 13.9. The summed E-state index contributed by atoms with van der Waals surface area (Å²) in [5.74, 6) is 0. The number of H-pyrrole nitrogens is 2. The topological polar surface area (TPSA) is 43.6 Å². The van der Waals surface area contributed by atoms with Crippen LogP contribution in [-0.2, 0) is 0 Å². The number of hydrogen-bond donors (Lipinski definition) is 3. The van der Waals surface area contributed by atoms with Gasteiger partial charge in [0.2, 0.25) is 0 Å². The SMILES string of the molecule is [B]C1=C([B])C(c2ccc[nH]2)N/C1=C\c1[nH]c(C)c(C)c1C. The van der Waals surface area contributed by atoms with Gasteiger partial charge in [0.05, 0.1) is 6.04 Å². The zero-order valence-corrected chi connectivity index (χ0v) is 12.5. The summed E-state index contributed by atoms with van der Waals surface area (Å²) in [7, 11) is 12.3. The maximum atomic E-state index is 6.16. The maximum Gasteiger partial charge on any atom is 0.115 e. The third-order valence-corrected chi connectivity index (χ3v) is 4.28. The lowest BCUT2D eigenvalue weighted by Gasteiger charge is -2.13. The summed E-state index contributed by atoms with van der Waals surface area (Å²) in [4.78, 5) is 6.55. The van der Waals surface area contributed by atoms with E-state index in [0.29, 0.717) is 10.9 Å². The van der Waals surface area contributed by atoms with E-state index in [2.05, 4.69) is 36.1 Å². The molecule has 2 aromatic heterocycles. The van der Waals surface area contributed by atoms with Crippen LogP contribution < -0.4 is 5.32 Å². The lowest BCUT2D eigenvalue weighted by molar-refractivity contribution is 0.735.